The molecule has 4 aromatic carbocycles. The maximum absolute atomic E-state index is 5.51. The van der Waals surface area contributed by atoms with Crippen molar-refractivity contribution in [2.45, 2.75) is 81.1 Å². The van der Waals surface area contributed by atoms with Gasteiger partial charge in [-0.15, -0.1) is 35.9 Å². The predicted octanol–water partition coefficient (Wildman–Crippen LogP) is 13.5. The Kier molecular flexibility index (Phi) is 22.8. The molecule has 1 atom stereocenters. The molecular weight excluding hydrogens is 750 g/mol. The van der Waals surface area contributed by atoms with Crippen LogP contribution in [0.1, 0.15) is 80.3 Å². The van der Waals surface area contributed by atoms with E-state index in [9.17, 15) is 0 Å². The monoisotopic (exact) mass is 796 g/mol. The molecule has 258 valence electrons. The van der Waals surface area contributed by atoms with Gasteiger partial charge >= 0.3 is 28.4 Å². The standard InChI is InChI=1S/C17H17.C13H21.2C6H4Cl.CH2.2ClH.Zr/c1-10-5-14-9-15-6-11(2)13(4)8-17(15)16(14)7-12(10)3;1-5-6-7-11-8-9-12(10-11)13(2,3)4;2*7-6-4-2-1-3-5-6;;;;/h5,7-8H,9H2,1-4H3;9-11H,5-7H2,1-4H3;2*1-2,4-5H;1H2;2*1H;/q4*-1;;;;. The molecule has 0 aromatic heterocycles. The van der Waals surface area contributed by atoms with Crippen LogP contribution < -0.4 is 0 Å². The van der Waals surface area contributed by atoms with Crippen LogP contribution in [-0.2, 0) is 30.7 Å². The fraction of sp³-hybridized carbons (Fsp3) is 0.326. The minimum absolute atomic E-state index is 0. The van der Waals surface area contributed by atoms with Gasteiger partial charge in [-0.3, -0.25) is 6.08 Å². The summed E-state index contributed by atoms with van der Waals surface area (Å²) in [4.78, 5) is 0. The third kappa shape index (κ3) is 15.4. The molecule has 0 fully saturated rings. The van der Waals surface area contributed by atoms with Crippen LogP contribution in [0.3, 0.4) is 0 Å². The van der Waals surface area contributed by atoms with E-state index in [-0.39, 0.29) is 24.8 Å². The number of aryl methyl sites for hydroxylation is 4. The van der Waals surface area contributed by atoms with E-state index >= 15 is 0 Å². The molecule has 0 saturated carbocycles. The number of hydrogen-bond donors (Lipinski definition) is 0. The summed E-state index contributed by atoms with van der Waals surface area (Å²) in [5.74, 6) is 0.592. The van der Waals surface area contributed by atoms with Gasteiger partial charge in [-0.2, -0.15) is 119 Å². The van der Waals surface area contributed by atoms with Gasteiger partial charge in [-0.05, 0) is 37.0 Å². The summed E-state index contributed by atoms with van der Waals surface area (Å²) in [6.45, 7) is 17.7. The first-order valence-corrected chi connectivity index (χ1v) is 18.4. The Morgan fingerprint density at radius 1 is 0.833 bits per heavy atom. The first kappa shape index (κ1) is 46.3. The minimum atomic E-state index is 0. The molecule has 0 aliphatic heterocycles. The first-order chi connectivity index (χ1) is 21.9. The van der Waals surface area contributed by atoms with E-state index in [0.717, 1.165) is 16.5 Å². The average molecular weight is 800 g/mol. The maximum atomic E-state index is 5.51. The van der Waals surface area contributed by atoms with E-state index in [1.807, 2.05) is 36.4 Å². The summed E-state index contributed by atoms with van der Waals surface area (Å²) < 4.78 is 3.34. The number of halogens is 4. The topological polar surface area (TPSA) is 0 Å². The summed E-state index contributed by atoms with van der Waals surface area (Å²) >= 11 is 12.3. The Morgan fingerprint density at radius 2 is 1.38 bits per heavy atom. The Bertz CT molecular complexity index is 1480. The van der Waals surface area contributed by atoms with Crippen LogP contribution in [0.2, 0.25) is 10.0 Å². The summed E-state index contributed by atoms with van der Waals surface area (Å²) in [7, 11) is 0. The van der Waals surface area contributed by atoms with E-state index in [2.05, 4.69) is 114 Å². The second-order valence-electron chi connectivity index (χ2n) is 12.6. The number of allylic oxidation sites excluding steroid dienone is 4. The van der Waals surface area contributed by atoms with Crippen molar-refractivity contribution in [3.63, 3.8) is 0 Å². The Labute approximate surface area is 329 Å². The van der Waals surface area contributed by atoms with Crippen molar-refractivity contribution in [2.75, 3.05) is 0 Å². The molecule has 0 amide bonds. The zero-order chi connectivity index (χ0) is 34.3. The van der Waals surface area contributed by atoms with E-state index in [0.29, 0.717) is 11.3 Å². The van der Waals surface area contributed by atoms with Gasteiger partial charge in [-0.1, -0.05) is 99.9 Å². The van der Waals surface area contributed by atoms with Gasteiger partial charge < -0.3 is 0 Å². The molecular formula is C43H50Cl4Zr-4. The molecule has 2 aliphatic rings. The summed E-state index contributed by atoms with van der Waals surface area (Å²) in [5.41, 5.74) is 12.8. The van der Waals surface area contributed by atoms with Gasteiger partial charge in [0.25, 0.3) is 0 Å². The van der Waals surface area contributed by atoms with Crippen molar-refractivity contribution >= 4 is 52.2 Å². The van der Waals surface area contributed by atoms with Crippen molar-refractivity contribution in [3.05, 3.63) is 152 Å². The third-order valence-electron chi connectivity index (χ3n) is 7.90. The molecule has 6 rings (SSSR count). The van der Waals surface area contributed by atoms with Crippen molar-refractivity contribution in [3.8, 4) is 11.1 Å². The summed E-state index contributed by atoms with van der Waals surface area (Å²) in [5, 5.41) is 1.48. The summed E-state index contributed by atoms with van der Waals surface area (Å²) in [6.07, 6.45) is 12.9. The van der Waals surface area contributed by atoms with E-state index in [4.69, 9.17) is 23.2 Å². The van der Waals surface area contributed by atoms with Crippen LogP contribution >= 0.6 is 48.0 Å². The van der Waals surface area contributed by atoms with Crippen LogP contribution in [0.4, 0.5) is 0 Å². The molecule has 5 heteroatoms. The van der Waals surface area contributed by atoms with E-state index < -0.39 is 0 Å². The fourth-order valence-corrected chi connectivity index (χ4v) is 5.23. The quantitative estimate of drug-likeness (QED) is 0.160. The molecule has 0 N–H and O–H groups in total. The first-order valence-electron chi connectivity index (χ1n) is 15.9. The van der Waals surface area contributed by atoms with Crippen molar-refractivity contribution in [1.82, 2.24) is 0 Å². The third-order valence-corrected chi connectivity index (χ3v) is 8.37. The zero-order valence-electron chi connectivity index (χ0n) is 29.7. The van der Waals surface area contributed by atoms with Gasteiger partial charge in [-0.25, -0.2) is 6.08 Å². The van der Waals surface area contributed by atoms with Crippen molar-refractivity contribution < 1.29 is 24.2 Å². The molecule has 48 heavy (non-hydrogen) atoms. The molecule has 0 bridgehead atoms. The fourth-order valence-electron chi connectivity index (χ4n) is 4.96. The van der Waals surface area contributed by atoms with Crippen LogP contribution in [-0.4, -0.2) is 4.21 Å². The van der Waals surface area contributed by atoms with Crippen LogP contribution in [0.25, 0.3) is 11.1 Å². The predicted molar refractivity (Wildman–Crippen MR) is 213 cm³/mol. The van der Waals surface area contributed by atoms with Gasteiger partial charge in [0.15, 0.2) is 0 Å². The number of unbranched alkanes of at least 4 members (excludes halogenated alkanes) is 1. The van der Waals surface area contributed by atoms with E-state index in [1.54, 1.807) is 12.1 Å². The van der Waals surface area contributed by atoms with Gasteiger partial charge in [0.05, 0.1) is 0 Å². The van der Waals surface area contributed by atoms with E-state index in [1.165, 1.54) is 93.6 Å². The van der Waals surface area contributed by atoms with Gasteiger partial charge in [0, 0.05) is 0 Å². The summed E-state index contributed by atoms with van der Waals surface area (Å²) in [6, 6.07) is 30.6. The van der Waals surface area contributed by atoms with Crippen molar-refractivity contribution in [2.24, 2.45) is 11.3 Å². The van der Waals surface area contributed by atoms with Crippen molar-refractivity contribution in [1.29, 1.82) is 0 Å². The van der Waals surface area contributed by atoms with Gasteiger partial charge in [0.2, 0.25) is 0 Å². The SMILES string of the molecule is CCCCC1[C-]=CC(C(C)(C)C)=C1.Cc1[c-]c2c(cc1C)-c1cc(C)c(C)cc1C2.Cl.Cl.Clc1c[c-]ccc1.Clc1c[c-]ccc1.[CH2]=[Zr]. The Morgan fingerprint density at radius 3 is 1.81 bits per heavy atom. The average Bonchev–Trinajstić information content (AvgIpc) is 3.64. The normalized spacial score (nSPS) is 13.0. The van der Waals surface area contributed by atoms with Crippen LogP contribution in [0, 0.1) is 63.3 Å². The molecule has 0 heterocycles. The molecule has 4 aromatic rings. The number of rotatable bonds is 3. The molecule has 0 nitrogen and oxygen atoms in total. The molecule has 0 spiro atoms. The molecule has 0 saturated heterocycles. The van der Waals surface area contributed by atoms with Crippen LogP contribution in [0.5, 0.6) is 0 Å². The van der Waals surface area contributed by atoms with Crippen LogP contribution in [0.15, 0.2) is 84.5 Å². The number of benzene rings is 4. The zero-order valence-corrected chi connectivity index (χ0v) is 35.3. The Balaban J connectivity index is 0.000000633. The molecule has 0 radical (unpaired) electrons. The second kappa shape index (κ2) is 23.6. The molecule has 2 aliphatic carbocycles. The Hall–Kier alpha value is -1.73. The number of fused-ring (bicyclic) bond motifs is 3. The molecule has 1 unspecified atom stereocenters. The second-order valence-corrected chi connectivity index (χ2v) is 13.5. The van der Waals surface area contributed by atoms with Gasteiger partial charge in [0.1, 0.15) is 0 Å². The number of hydrogen-bond acceptors (Lipinski definition) is 0.